The third-order valence-electron chi connectivity index (χ3n) is 5.34. The summed E-state index contributed by atoms with van der Waals surface area (Å²) in [4.78, 5) is 0. The minimum atomic E-state index is -3.21. The van der Waals surface area contributed by atoms with Gasteiger partial charge in [0.05, 0.1) is 12.2 Å². The molecule has 3 aromatic rings. The average Bonchev–Trinajstić information content (AvgIpc) is 3.33. The van der Waals surface area contributed by atoms with Gasteiger partial charge in [-0.3, -0.25) is 5.32 Å². The van der Waals surface area contributed by atoms with Crippen molar-refractivity contribution in [2.75, 3.05) is 6.26 Å². The molecule has 0 bridgehead atoms. The molecular weight excluding hydrogens is 394 g/mol. The van der Waals surface area contributed by atoms with Crippen LogP contribution < -0.4 is 5.32 Å². The van der Waals surface area contributed by atoms with Gasteiger partial charge in [-0.2, -0.15) is 0 Å². The van der Waals surface area contributed by atoms with Crippen LogP contribution in [-0.2, 0) is 9.84 Å². The van der Waals surface area contributed by atoms with Crippen LogP contribution in [-0.4, -0.2) is 46.0 Å². The minimum absolute atomic E-state index is 0.0836. The molecule has 0 radical (unpaired) electrons. The third kappa shape index (κ3) is 4.24. The highest BCUT2D eigenvalue weighted by Gasteiger charge is 2.34. The van der Waals surface area contributed by atoms with Crippen LogP contribution in [0.15, 0.2) is 47.1 Å². The first-order valence-corrected chi connectivity index (χ1v) is 11.3. The molecule has 2 atom stereocenters. The van der Waals surface area contributed by atoms with Crippen molar-refractivity contribution < 1.29 is 18.0 Å². The summed E-state index contributed by atoms with van der Waals surface area (Å²) in [5.74, 6) is 0.359. The van der Waals surface area contributed by atoms with Crippen LogP contribution >= 0.6 is 0 Å². The lowest BCUT2D eigenvalue weighted by atomic mass is 9.86. The molecule has 0 amide bonds. The Morgan fingerprint density at radius 2 is 2.00 bits per heavy atom. The van der Waals surface area contributed by atoms with Crippen LogP contribution in [0.2, 0.25) is 0 Å². The van der Waals surface area contributed by atoms with Crippen molar-refractivity contribution in [1.29, 1.82) is 0 Å². The molecule has 1 saturated carbocycles. The number of aliphatic hydroxyl groups excluding tert-OH is 1. The van der Waals surface area contributed by atoms with Gasteiger partial charge in [0.2, 0.25) is 0 Å². The molecular formula is C19H23N5O4S. The molecule has 2 unspecified atom stereocenters. The van der Waals surface area contributed by atoms with E-state index in [0.29, 0.717) is 17.1 Å². The fourth-order valence-electron chi connectivity index (χ4n) is 3.28. The number of hydrogen-bond donors (Lipinski definition) is 2. The Morgan fingerprint density at radius 3 is 2.69 bits per heavy atom. The van der Waals surface area contributed by atoms with Crippen molar-refractivity contribution in [2.24, 2.45) is 0 Å². The van der Waals surface area contributed by atoms with Gasteiger partial charge in [0.15, 0.2) is 21.8 Å². The summed E-state index contributed by atoms with van der Waals surface area (Å²) in [5, 5.41) is 24.9. The van der Waals surface area contributed by atoms with Crippen LogP contribution in [0, 0.1) is 0 Å². The van der Waals surface area contributed by atoms with Crippen LogP contribution in [0.5, 0.6) is 0 Å². The number of rotatable bonds is 7. The van der Waals surface area contributed by atoms with Gasteiger partial charge in [-0.25, -0.2) is 13.1 Å². The number of benzene rings is 1. The maximum atomic E-state index is 11.7. The zero-order valence-electron chi connectivity index (χ0n) is 16.1. The smallest absolute Gasteiger partial charge is 0.180 e. The predicted octanol–water partition coefficient (Wildman–Crippen LogP) is 2.02. The van der Waals surface area contributed by atoms with Gasteiger partial charge < -0.3 is 9.63 Å². The minimum Gasteiger partial charge on any atom is -0.371 e. The molecule has 1 aromatic carbocycles. The van der Waals surface area contributed by atoms with Gasteiger partial charge >= 0.3 is 0 Å². The molecule has 0 saturated heterocycles. The van der Waals surface area contributed by atoms with E-state index in [0.717, 1.165) is 18.4 Å². The average molecular weight is 417 g/mol. The van der Waals surface area contributed by atoms with Crippen molar-refractivity contribution in [2.45, 2.75) is 43.3 Å². The van der Waals surface area contributed by atoms with E-state index in [-0.39, 0.29) is 12.1 Å². The first-order valence-electron chi connectivity index (χ1n) is 9.38. The van der Waals surface area contributed by atoms with E-state index in [4.69, 9.17) is 4.52 Å². The normalized spacial score (nSPS) is 21.5. The van der Waals surface area contributed by atoms with E-state index in [1.54, 1.807) is 23.9 Å². The van der Waals surface area contributed by atoms with E-state index >= 15 is 0 Å². The molecule has 2 N–H and O–H groups in total. The zero-order valence-corrected chi connectivity index (χ0v) is 17.0. The summed E-state index contributed by atoms with van der Waals surface area (Å²) in [6.45, 7) is 1.60. The maximum absolute atomic E-state index is 11.7. The number of hydrogen-bond acceptors (Lipinski definition) is 8. The van der Waals surface area contributed by atoms with Crippen LogP contribution in [0.1, 0.15) is 48.7 Å². The second kappa shape index (κ2) is 7.69. The van der Waals surface area contributed by atoms with Gasteiger partial charge in [0, 0.05) is 23.9 Å². The molecule has 29 heavy (non-hydrogen) atoms. The maximum Gasteiger partial charge on any atom is 0.180 e. The van der Waals surface area contributed by atoms with Gasteiger partial charge in [-0.1, -0.05) is 40.7 Å². The molecule has 2 aromatic heterocycles. The highest BCUT2D eigenvalue weighted by Crippen LogP contribution is 2.34. The summed E-state index contributed by atoms with van der Waals surface area (Å²) < 4.78 is 30.3. The second-order valence-corrected chi connectivity index (χ2v) is 9.83. The van der Waals surface area contributed by atoms with Crippen molar-refractivity contribution in [3.05, 3.63) is 54.0 Å². The van der Waals surface area contributed by atoms with E-state index in [1.165, 1.54) is 6.26 Å². The second-order valence-electron chi connectivity index (χ2n) is 7.47. The highest BCUT2D eigenvalue weighted by molar-refractivity contribution is 7.90. The Labute approximate surface area is 168 Å². The Bertz CT molecular complexity index is 1070. The fourth-order valence-corrected chi connectivity index (χ4v) is 3.83. The largest absolute Gasteiger partial charge is 0.371 e. The summed E-state index contributed by atoms with van der Waals surface area (Å²) in [7, 11) is -3.21. The molecule has 0 aliphatic heterocycles. The summed E-state index contributed by atoms with van der Waals surface area (Å²) in [6, 6.07) is 11.5. The van der Waals surface area contributed by atoms with Crippen LogP contribution in [0.3, 0.4) is 0 Å². The molecule has 2 heterocycles. The molecule has 1 aliphatic carbocycles. The lowest BCUT2D eigenvalue weighted by molar-refractivity contribution is 0.0623. The molecule has 1 fully saturated rings. The molecule has 1 aliphatic rings. The quantitative estimate of drug-likeness (QED) is 0.560. The van der Waals surface area contributed by atoms with E-state index < -0.39 is 21.3 Å². The first-order chi connectivity index (χ1) is 13.8. The number of nitrogens with one attached hydrogen (secondary N) is 1. The van der Waals surface area contributed by atoms with Gasteiger partial charge in [0.1, 0.15) is 16.6 Å². The number of aliphatic hydroxyl groups is 1. The fraction of sp³-hybridized carbons (Fsp3) is 0.421. The molecule has 0 spiro atoms. The van der Waals surface area contributed by atoms with Crippen molar-refractivity contribution in [3.63, 3.8) is 0 Å². The van der Waals surface area contributed by atoms with E-state index in [9.17, 15) is 13.5 Å². The highest BCUT2D eigenvalue weighted by atomic mass is 32.2. The summed E-state index contributed by atoms with van der Waals surface area (Å²) in [5.41, 5.74) is 2.03. The van der Waals surface area contributed by atoms with Crippen molar-refractivity contribution in [1.82, 2.24) is 25.5 Å². The van der Waals surface area contributed by atoms with Crippen LogP contribution in [0.4, 0.5) is 0 Å². The number of sulfone groups is 1. The standard InChI is InChI=1S/C19H23N5O4S/c1-12(29(2,26)27)17-11-24(23-21-17)15-8-14(9-15)20-19(25)18-10-16(22-28-18)13-6-4-3-5-7-13/h3-7,10-12,14-15,19-20,25H,8-9H2,1-2H3. The van der Waals surface area contributed by atoms with E-state index in [2.05, 4.69) is 20.8 Å². The predicted molar refractivity (Wildman–Crippen MR) is 105 cm³/mol. The monoisotopic (exact) mass is 417 g/mol. The van der Waals surface area contributed by atoms with Gasteiger partial charge in [-0.15, -0.1) is 5.10 Å². The lowest BCUT2D eigenvalue weighted by Gasteiger charge is -2.36. The summed E-state index contributed by atoms with van der Waals surface area (Å²) in [6.07, 6.45) is 3.40. The van der Waals surface area contributed by atoms with E-state index in [1.807, 2.05) is 30.3 Å². The molecule has 154 valence electrons. The Hall–Kier alpha value is -2.56. The third-order valence-corrected chi connectivity index (χ3v) is 6.86. The molecule has 10 heteroatoms. The topological polar surface area (TPSA) is 123 Å². The Kier molecular flexibility index (Phi) is 5.24. The number of nitrogens with zero attached hydrogens (tertiary/aromatic N) is 4. The Morgan fingerprint density at radius 1 is 1.28 bits per heavy atom. The van der Waals surface area contributed by atoms with Crippen LogP contribution in [0.25, 0.3) is 11.3 Å². The van der Waals surface area contributed by atoms with Crippen molar-refractivity contribution in [3.8, 4) is 11.3 Å². The van der Waals surface area contributed by atoms with Crippen molar-refractivity contribution >= 4 is 9.84 Å². The van der Waals surface area contributed by atoms with Gasteiger partial charge in [0.25, 0.3) is 0 Å². The SMILES string of the molecule is CC(c1cn(C2CC(NC(O)c3cc(-c4ccccc4)no3)C2)nn1)S(C)(=O)=O. The Balaban J connectivity index is 1.32. The first kappa shape index (κ1) is 19.7. The van der Waals surface area contributed by atoms with Gasteiger partial charge in [-0.05, 0) is 19.8 Å². The molecule has 4 rings (SSSR count). The summed E-state index contributed by atoms with van der Waals surface area (Å²) >= 11 is 0. The molecule has 9 nitrogen and oxygen atoms in total. The zero-order chi connectivity index (χ0) is 20.6. The number of aromatic nitrogens is 4. The lowest BCUT2D eigenvalue weighted by Crippen LogP contribution is -2.43.